The number of benzene rings is 1. The predicted molar refractivity (Wildman–Crippen MR) is 99.3 cm³/mol. The monoisotopic (exact) mass is 401 g/mol. The number of pyridine rings is 1. The molecule has 4 rings (SSSR count). The van der Waals surface area contributed by atoms with Crippen molar-refractivity contribution in [3.63, 3.8) is 0 Å². The fourth-order valence-corrected chi connectivity index (χ4v) is 3.56. The molecule has 150 valence electrons. The average Bonchev–Trinajstić information content (AvgIpc) is 3.24. The number of anilines is 1. The van der Waals surface area contributed by atoms with Crippen LogP contribution in [0.5, 0.6) is 0 Å². The molecule has 1 amide bonds. The lowest BCUT2D eigenvalue weighted by molar-refractivity contribution is -0.138. The van der Waals surface area contributed by atoms with Gasteiger partial charge >= 0.3 is 6.18 Å². The summed E-state index contributed by atoms with van der Waals surface area (Å²) >= 11 is 0. The van der Waals surface area contributed by atoms with Crippen molar-refractivity contribution in [1.82, 2.24) is 19.7 Å². The zero-order valence-corrected chi connectivity index (χ0v) is 15.8. The molecule has 0 spiro atoms. The number of hydrogen-bond donors (Lipinski definition) is 0. The number of aromatic nitrogens is 4. The first kappa shape index (κ1) is 19.1. The van der Waals surface area contributed by atoms with Crippen LogP contribution in [0.2, 0.25) is 0 Å². The van der Waals surface area contributed by atoms with Crippen LogP contribution >= 0.6 is 0 Å². The lowest BCUT2D eigenvalue weighted by Gasteiger charge is -2.18. The summed E-state index contributed by atoms with van der Waals surface area (Å²) in [5.74, 6) is 0.735. The number of hydrogen-bond acceptors (Lipinski definition) is 4. The van der Waals surface area contributed by atoms with Gasteiger partial charge in [0, 0.05) is 25.2 Å². The summed E-state index contributed by atoms with van der Waals surface area (Å²) in [5.41, 5.74) is 0.193. The van der Waals surface area contributed by atoms with Crippen LogP contribution in [0.15, 0.2) is 42.9 Å². The van der Waals surface area contributed by atoms with Crippen molar-refractivity contribution < 1.29 is 18.0 Å². The summed E-state index contributed by atoms with van der Waals surface area (Å²) in [6.07, 6.45) is -0.689. The molecule has 2 aromatic heterocycles. The Morgan fingerprint density at radius 3 is 2.72 bits per heavy atom. The molecule has 0 saturated carbocycles. The van der Waals surface area contributed by atoms with Crippen molar-refractivity contribution in [2.24, 2.45) is 7.05 Å². The second-order valence-electron chi connectivity index (χ2n) is 7.13. The SMILES string of the molecule is C[C@H](Cc1nncn1C)c1ccnc(N2Cc3c(cccc3C(F)(F)F)C2=O)c1. The minimum atomic E-state index is -4.51. The molecule has 0 bridgehead atoms. The molecule has 3 heterocycles. The van der Waals surface area contributed by atoms with Crippen molar-refractivity contribution >= 4 is 11.7 Å². The van der Waals surface area contributed by atoms with Gasteiger partial charge in [-0.25, -0.2) is 4.98 Å². The van der Waals surface area contributed by atoms with E-state index in [-0.39, 0.29) is 23.6 Å². The van der Waals surface area contributed by atoms with Crippen LogP contribution in [0.25, 0.3) is 0 Å². The first-order chi connectivity index (χ1) is 13.8. The molecule has 1 aromatic carbocycles. The molecule has 0 saturated heterocycles. The molecule has 1 atom stereocenters. The normalized spacial score (nSPS) is 14.9. The maximum atomic E-state index is 13.3. The third kappa shape index (κ3) is 3.48. The number of fused-ring (bicyclic) bond motifs is 1. The number of nitrogens with zero attached hydrogens (tertiary/aromatic N) is 5. The Morgan fingerprint density at radius 2 is 2.03 bits per heavy atom. The Labute approximate surface area is 165 Å². The van der Waals surface area contributed by atoms with Gasteiger partial charge < -0.3 is 4.57 Å². The molecule has 0 N–H and O–H groups in total. The van der Waals surface area contributed by atoms with Crippen molar-refractivity contribution in [2.75, 3.05) is 4.90 Å². The van der Waals surface area contributed by atoms with E-state index in [1.165, 1.54) is 17.0 Å². The van der Waals surface area contributed by atoms with Crippen molar-refractivity contribution in [3.05, 3.63) is 70.9 Å². The molecule has 3 aromatic rings. The van der Waals surface area contributed by atoms with E-state index in [4.69, 9.17) is 0 Å². The minimum absolute atomic E-state index is 0.00987. The van der Waals surface area contributed by atoms with Gasteiger partial charge in [0.2, 0.25) is 0 Å². The molecule has 1 aliphatic heterocycles. The van der Waals surface area contributed by atoms with Gasteiger partial charge in [-0.1, -0.05) is 13.0 Å². The number of alkyl halides is 3. The Balaban J connectivity index is 1.62. The Kier molecular flexibility index (Phi) is 4.60. The van der Waals surface area contributed by atoms with Crippen LogP contribution < -0.4 is 4.90 Å². The molecule has 6 nitrogen and oxygen atoms in total. The second-order valence-corrected chi connectivity index (χ2v) is 7.13. The topological polar surface area (TPSA) is 63.9 Å². The highest BCUT2D eigenvalue weighted by Crippen LogP contribution is 2.38. The van der Waals surface area contributed by atoms with E-state index in [2.05, 4.69) is 15.2 Å². The average molecular weight is 401 g/mol. The largest absolute Gasteiger partial charge is 0.416 e. The molecule has 0 unspecified atom stereocenters. The minimum Gasteiger partial charge on any atom is -0.321 e. The molecular formula is C20H18F3N5O. The highest BCUT2D eigenvalue weighted by Gasteiger charge is 2.40. The first-order valence-corrected chi connectivity index (χ1v) is 9.05. The number of carbonyl (C=O) groups is 1. The fraction of sp³-hybridized carbons (Fsp3) is 0.300. The van der Waals surface area contributed by atoms with Gasteiger partial charge in [-0.3, -0.25) is 9.69 Å². The maximum Gasteiger partial charge on any atom is 0.416 e. The molecular weight excluding hydrogens is 383 g/mol. The lowest BCUT2D eigenvalue weighted by Crippen LogP contribution is -2.24. The van der Waals surface area contributed by atoms with Gasteiger partial charge in [0.25, 0.3) is 5.91 Å². The summed E-state index contributed by atoms with van der Waals surface area (Å²) in [4.78, 5) is 18.3. The number of carbonyl (C=O) groups excluding carboxylic acids is 1. The van der Waals surface area contributed by atoms with E-state index in [0.717, 1.165) is 17.5 Å². The number of rotatable bonds is 4. The standard InChI is InChI=1S/C20H18F3N5O/c1-12(8-18-26-25-11-27(18)2)13-6-7-24-17(9-13)28-10-15-14(19(28)29)4-3-5-16(15)20(21,22)23/h3-7,9,11-12H,8,10H2,1-2H3/t12-/m1/s1. The maximum absolute atomic E-state index is 13.3. The second kappa shape index (κ2) is 6.98. The van der Waals surface area contributed by atoms with E-state index in [0.29, 0.717) is 12.2 Å². The van der Waals surface area contributed by atoms with Crippen LogP contribution in [0.1, 0.15) is 45.7 Å². The van der Waals surface area contributed by atoms with Crippen LogP contribution in [0.3, 0.4) is 0 Å². The van der Waals surface area contributed by atoms with Crippen LogP contribution in [0.4, 0.5) is 19.0 Å². The van der Waals surface area contributed by atoms with E-state index in [9.17, 15) is 18.0 Å². The molecule has 0 fully saturated rings. The molecule has 0 aliphatic carbocycles. The molecule has 29 heavy (non-hydrogen) atoms. The van der Waals surface area contributed by atoms with Gasteiger partial charge in [-0.05, 0) is 41.3 Å². The van der Waals surface area contributed by atoms with Crippen molar-refractivity contribution in [2.45, 2.75) is 32.0 Å². The Morgan fingerprint density at radius 1 is 1.24 bits per heavy atom. The van der Waals surface area contributed by atoms with Crippen LogP contribution in [0, 0.1) is 0 Å². The highest BCUT2D eigenvalue weighted by atomic mass is 19.4. The van der Waals surface area contributed by atoms with Crippen LogP contribution in [-0.2, 0) is 26.2 Å². The van der Waals surface area contributed by atoms with Gasteiger partial charge in [-0.15, -0.1) is 10.2 Å². The van der Waals surface area contributed by atoms with Crippen LogP contribution in [-0.4, -0.2) is 25.7 Å². The third-order valence-corrected chi connectivity index (χ3v) is 5.18. The van der Waals surface area contributed by atoms with E-state index < -0.39 is 17.6 Å². The van der Waals surface area contributed by atoms with Gasteiger partial charge in [0.15, 0.2) is 0 Å². The summed E-state index contributed by atoms with van der Waals surface area (Å²) < 4.78 is 41.8. The summed E-state index contributed by atoms with van der Waals surface area (Å²) in [6, 6.07) is 7.27. The van der Waals surface area contributed by atoms with E-state index in [1.54, 1.807) is 18.6 Å². The number of amides is 1. The first-order valence-electron chi connectivity index (χ1n) is 9.05. The van der Waals surface area contributed by atoms with E-state index in [1.807, 2.05) is 24.6 Å². The van der Waals surface area contributed by atoms with Crippen molar-refractivity contribution in [1.29, 1.82) is 0 Å². The number of aryl methyl sites for hydroxylation is 1. The third-order valence-electron chi connectivity index (χ3n) is 5.18. The number of halogens is 3. The van der Waals surface area contributed by atoms with Gasteiger partial charge in [0.1, 0.15) is 18.0 Å². The quantitative estimate of drug-likeness (QED) is 0.668. The molecule has 9 heteroatoms. The zero-order valence-electron chi connectivity index (χ0n) is 15.8. The van der Waals surface area contributed by atoms with E-state index >= 15 is 0 Å². The van der Waals surface area contributed by atoms with Gasteiger partial charge in [0.05, 0.1) is 12.1 Å². The summed E-state index contributed by atoms with van der Waals surface area (Å²) in [5, 5.41) is 7.95. The zero-order chi connectivity index (χ0) is 20.8. The lowest BCUT2D eigenvalue weighted by atomic mass is 9.98. The Hall–Kier alpha value is -3.23. The summed E-state index contributed by atoms with van der Waals surface area (Å²) in [6.45, 7) is 1.86. The highest BCUT2D eigenvalue weighted by molar-refractivity contribution is 6.09. The fourth-order valence-electron chi connectivity index (χ4n) is 3.56. The smallest absolute Gasteiger partial charge is 0.321 e. The summed E-state index contributed by atoms with van der Waals surface area (Å²) in [7, 11) is 1.86. The molecule has 1 aliphatic rings. The Bertz CT molecular complexity index is 1080. The molecule has 0 radical (unpaired) electrons. The van der Waals surface area contributed by atoms with Crippen molar-refractivity contribution in [3.8, 4) is 0 Å². The van der Waals surface area contributed by atoms with Gasteiger partial charge in [-0.2, -0.15) is 13.2 Å². The predicted octanol–water partition coefficient (Wildman–Crippen LogP) is 3.74.